The Kier molecular flexibility index (Phi) is 8.73. The molecule has 0 spiro atoms. The summed E-state index contributed by atoms with van der Waals surface area (Å²) in [4.78, 5) is 28.4. The van der Waals surface area contributed by atoms with Crippen molar-refractivity contribution in [2.75, 3.05) is 25.1 Å². The molecule has 5 atom stereocenters. The smallest absolute Gasteiger partial charge is 0.359 e. The highest BCUT2D eigenvalue weighted by molar-refractivity contribution is 7.53. The normalized spacial score (nSPS) is 24.8. The van der Waals surface area contributed by atoms with E-state index in [-0.39, 0.29) is 16.8 Å². The first-order chi connectivity index (χ1) is 19.5. The highest BCUT2D eigenvalue weighted by Gasteiger charge is 2.52. The van der Waals surface area contributed by atoms with Gasteiger partial charge in [0.2, 0.25) is 5.28 Å². The SMILES string of the molecule is O=P(O)(O)[C@@](CO)(Cc1nn[nH]n1)OCC1O[C@@H](n2ncc3c(NCC4=CCCC=C4Cl)nc(Cl)nc32)[C@H](O)[C@@H]1O. The maximum absolute atomic E-state index is 12.3. The number of H-pyrrole nitrogens is 1. The fourth-order valence-corrected chi connectivity index (χ4v) is 5.69. The zero-order chi connectivity index (χ0) is 29.4. The number of halogens is 2. The van der Waals surface area contributed by atoms with Crippen molar-refractivity contribution in [3.05, 3.63) is 40.1 Å². The van der Waals surface area contributed by atoms with Crippen LogP contribution in [-0.4, -0.2) is 109 Å². The average Bonchev–Trinajstić information content (AvgIpc) is 3.66. The quantitative estimate of drug-likeness (QED) is 0.108. The molecule has 17 nitrogen and oxygen atoms in total. The fraction of sp³-hybridized carbons (Fsp3) is 0.524. The van der Waals surface area contributed by atoms with Crippen LogP contribution in [0.15, 0.2) is 29.0 Å². The Morgan fingerprint density at radius 3 is 2.68 bits per heavy atom. The maximum Gasteiger partial charge on any atom is 0.359 e. The summed E-state index contributed by atoms with van der Waals surface area (Å²) in [6.07, 6.45) is 0.796. The van der Waals surface area contributed by atoms with E-state index in [1.807, 2.05) is 12.2 Å². The molecule has 3 aromatic heterocycles. The first-order valence-corrected chi connectivity index (χ1v) is 14.6. The molecule has 1 unspecified atom stereocenters. The molecule has 5 rings (SSSR count). The van der Waals surface area contributed by atoms with Crippen molar-refractivity contribution in [3.8, 4) is 0 Å². The number of anilines is 1. The Hall–Kier alpha value is -2.57. The highest BCUT2D eigenvalue weighted by Crippen LogP contribution is 2.53. The third-order valence-electron chi connectivity index (χ3n) is 6.76. The van der Waals surface area contributed by atoms with E-state index < -0.39 is 57.1 Å². The summed E-state index contributed by atoms with van der Waals surface area (Å²) in [7, 11) is -5.13. The van der Waals surface area contributed by atoms with Crippen molar-refractivity contribution < 1.29 is 39.1 Å². The number of aliphatic hydroxyl groups is 3. The van der Waals surface area contributed by atoms with E-state index in [1.54, 1.807) is 0 Å². The Morgan fingerprint density at radius 2 is 2.00 bits per heavy atom. The summed E-state index contributed by atoms with van der Waals surface area (Å²) >= 11 is 12.5. The van der Waals surface area contributed by atoms with Gasteiger partial charge >= 0.3 is 7.60 Å². The van der Waals surface area contributed by atoms with Gasteiger partial charge in [-0.25, -0.2) is 4.68 Å². The van der Waals surface area contributed by atoms with Crippen LogP contribution in [0.1, 0.15) is 24.9 Å². The topological polar surface area (TPSA) is 247 Å². The summed E-state index contributed by atoms with van der Waals surface area (Å²) < 4.78 is 24.8. The van der Waals surface area contributed by atoms with Gasteiger partial charge < -0.3 is 39.9 Å². The molecule has 0 amide bonds. The van der Waals surface area contributed by atoms with Crippen LogP contribution in [0.4, 0.5) is 5.82 Å². The van der Waals surface area contributed by atoms with Crippen LogP contribution in [0.5, 0.6) is 0 Å². The first kappa shape index (κ1) is 29.9. The predicted octanol–water partition coefficient (Wildman–Crippen LogP) is -0.00760. The van der Waals surface area contributed by atoms with Crippen molar-refractivity contribution >= 4 is 47.6 Å². The lowest BCUT2D eigenvalue weighted by Crippen LogP contribution is -2.43. The lowest BCUT2D eigenvalue weighted by atomic mass is 10.1. The van der Waals surface area contributed by atoms with E-state index in [0.717, 1.165) is 18.4 Å². The lowest BCUT2D eigenvalue weighted by molar-refractivity contribution is -0.109. The first-order valence-electron chi connectivity index (χ1n) is 12.3. The van der Waals surface area contributed by atoms with Gasteiger partial charge in [0.15, 0.2) is 23.0 Å². The van der Waals surface area contributed by atoms with Crippen molar-refractivity contribution in [2.45, 2.75) is 49.1 Å². The molecule has 1 fully saturated rings. The Labute approximate surface area is 241 Å². The number of nitrogens with zero attached hydrogens (tertiary/aromatic N) is 7. The number of ether oxygens (including phenoxy) is 2. The number of hydrogen-bond donors (Lipinski definition) is 7. The zero-order valence-electron chi connectivity index (χ0n) is 21.1. The summed E-state index contributed by atoms with van der Waals surface area (Å²) in [5.74, 6) is 0.223. The molecule has 0 saturated carbocycles. The van der Waals surface area contributed by atoms with Crippen molar-refractivity contribution in [3.63, 3.8) is 0 Å². The molecule has 0 bridgehead atoms. The molecule has 20 heteroatoms. The molecule has 7 N–H and O–H groups in total. The zero-order valence-corrected chi connectivity index (χ0v) is 23.5. The Bertz CT molecular complexity index is 1500. The number of rotatable bonds is 11. The molecule has 4 heterocycles. The number of hydrogen-bond acceptors (Lipinski definition) is 13. The van der Waals surface area contributed by atoms with Crippen LogP contribution in [0.25, 0.3) is 11.0 Å². The van der Waals surface area contributed by atoms with Gasteiger partial charge in [0, 0.05) is 11.6 Å². The van der Waals surface area contributed by atoms with Crippen molar-refractivity contribution in [2.24, 2.45) is 0 Å². The molecular formula is C21H26Cl2N9O8P. The van der Waals surface area contributed by atoms with Crippen LogP contribution in [-0.2, 0) is 20.5 Å². The average molecular weight is 634 g/mol. The third-order valence-corrected chi connectivity index (χ3v) is 8.81. The number of tetrazole rings is 1. The molecule has 222 valence electrons. The summed E-state index contributed by atoms with van der Waals surface area (Å²) in [5.41, 5.74) is 1.07. The highest BCUT2D eigenvalue weighted by atomic mass is 35.5. The van der Waals surface area contributed by atoms with Gasteiger partial charge in [-0.2, -0.15) is 20.3 Å². The second kappa shape index (κ2) is 12.0. The van der Waals surface area contributed by atoms with Gasteiger partial charge in [-0.1, -0.05) is 29.0 Å². The number of aliphatic hydroxyl groups excluding tert-OH is 3. The number of aromatic nitrogens is 8. The Balaban J connectivity index is 1.35. The molecule has 1 aliphatic carbocycles. The van der Waals surface area contributed by atoms with Crippen molar-refractivity contribution in [1.82, 2.24) is 40.4 Å². The van der Waals surface area contributed by atoms with Crippen LogP contribution >= 0.6 is 30.8 Å². The molecule has 2 aliphatic rings. The molecular weight excluding hydrogens is 608 g/mol. The van der Waals surface area contributed by atoms with E-state index >= 15 is 0 Å². The Morgan fingerprint density at radius 1 is 1.22 bits per heavy atom. The van der Waals surface area contributed by atoms with E-state index in [1.165, 1.54) is 10.9 Å². The molecule has 41 heavy (non-hydrogen) atoms. The second-order valence-corrected chi connectivity index (χ2v) is 12.0. The van der Waals surface area contributed by atoms with Gasteiger partial charge in [-0.05, 0) is 30.0 Å². The van der Waals surface area contributed by atoms with Crippen LogP contribution < -0.4 is 5.32 Å². The standard InChI is InChI=1S/C21H26Cl2N9O8P/c22-12-4-2-1-3-10(12)6-24-17-11-7-25-32(18(11)27-20(23)26-17)19-16(35)15(34)13(40-19)8-39-21(9-33,41(36,37)38)5-14-28-30-31-29-14/h3-4,7,13,15-16,19,33-35H,1-2,5-6,8-9H2,(H,24,26,27)(H2,36,37,38)(H,28,29,30,31)/t13?,15-,16-,19-,21-/m1/s1. The largest absolute Gasteiger partial charge is 0.393 e. The number of fused-ring (bicyclic) bond motifs is 1. The minimum atomic E-state index is -5.13. The second-order valence-electron chi connectivity index (χ2n) is 9.39. The molecule has 0 aromatic carbocycles. The molecule has 1 aliphatic heterocycles. The number of allylic oxidation sites excluding steroid dienone is 2. The lowest BCUT2D eigenvalue weighted by Gasteiger charge is -2.32. The van der Waals surface area contributed by atoms with Gasteiger partial charge in [-0.15, -0.1) is 10.2 Å². The monoisotopic (exact) mass is 633 g/mol. The molecule has 1 saturated heterocycles. The fourth-order valence-electron chi connectivity index (χ4n) is 4.49. The minimum absolute atomic E-state index is 0.121. The van der Waals surface area contributed by atoms with Crippen LogP contribution in [0.3, 0.4) is 0 Å². The third kappa shape index (κ3) is 6.01. The van der Waals surface area contributed by atoms with E-state index in [0.29, 0.717) is 22.8 Å². The van der Waals surface area contributed by atoms with Crippen LogP contribution in [0.2, 0.25) is 5.28 Å². The van der Waals surface area contributed by atoms with E-state index in [2.05, 4.69) is 41.0 Å². The summed E-state index contributed by atoms with van der Waals surface area (Å²) in [6, 6.07) is 0. The molecule has 0 radical (unpaired) electrons. The van der Waals surface area contributed by atoms with Gasteiger partial charge in [0.25, 0.3) is 0 Å². The number of aromatic amines is 1. The summed E-state index contributed by atoms with van der Waals surface area (Å²) in [5, 5.41) is 50.1. The van der Waals surface area contributed by atoms with Crippen LogP contribution in [0, 0.1) is 0 Å². The van der Waals surface area contributed by atoms with Gasteiger partial charge in [0.1, 0.15) is 24.1 Å². The van der Waals surface area contributed by atoms with E-state index in [9.17, 15) is 29.7 Å². The van der Waals surface area contributed by atoms with Crippen molar-refractivity contribution in [1.29, 1.82) is 0 Å². The summed E-state index contributed by atoms with van der Waals surface area (Å²) in [6.45, 7) is -1.39. The minimum Gasteiger partial charge on any atom is -0.393 e. The molecule has 3 aromatic rings. The predicted molar refractivity (Wildman–Crippen MR) is 142 cm³/mol. The van der Waals surface area contributed by atoms with Gasteiger partial charge in [-0.3, -0.25) is 4.57 Å². The number of nitrogens with one attached hydrogen (secondary N) is 2. The van der Waals surface area contributed by atoms with Gasteiger partial charge in [0.05, 0.1) is 31.2 Å². The van der Waals surface area contributed by atoms with E-state index in [4.69, 9.17) is 32.7 Å². The maximum atomic E-state index is 12.3.